The molecule has 1 aromatic carbocycles. The Bertz CT molecular complexity index is 1060. The van der Waals surface area contributed by atoms with Crippen LogP contribution in [-0.4, -0.2) is 68.8 Å². The molecule has 3 heterocycles. The van der Waals surface area contributed by atoms with E-state index in [-0.39, 0.29) is 5.91 Å². The number of hydrogen-bond donors (Lipinski definition) is 2. The van der Waals surface area contributed by atoms with Crippen molar-refractivity contribution < 1.29 is 9.59 Å². The molecule has 0 bridgehead atoms. The Morgan fingerprint density at radius 2 is 1.84 bits per heavy atom. The van der Waals surface area contributed by atoms with Crippen molar-refractivity contribution in [2.24, 2.45) is 7.05 Å². The molecule has 1 unspecified atom stereocenters. The van der Waals surface area contributed by atoms with Gasteiger partial charge in [0.15, 0.2) is 5.65 Å². The van der Waals surface area contributed by atoms with Gasteiger partial charge in [0.2, 0.25) is 5.91 Å². The molecule has 1 aliphatic rings. The molecule has 4 rings (SSSR count). The number of piperazine rings is 1. The molecular weight excluding hydrogens is 396 g/mol. The molecule has 1 atom stereocenters. The minimum absolute atomic E-state index is 0.310. The van der Waals surface area contributed by atoms with Crippen LogP contribution in [0.3, 0.4) is 0 Å². The fourth-order valence-corrected chi connectivity index (χ4v) is 3.73. The maximum Gasteiger partial charge on any atom is 0.321 e. The summed E-state index contributed by atoms with van der Waals surface area (Å²) in [5.41, 5.74) is 1.77. The number of carbonyl (C=O) groups is 2. The van der Waals surface area contributed by atoms with Crippen LogP contribution in [0.1, 0.15) is 12.5 Å². The zero-order valence-electron chi connectivity index (χ0n) is 17.7. The Hall–Kier alpha value is -3.53. The van der Waals surface area contributed by atoms with E-state index in [1.165, 1.54) is 0 Å². The summed E-state index contributed by atoms with van der Waals surface area (Å²) >= 11 is 0. The van der Waals surface area contributed by atoms with Gasteiger partial charge in [0, 0.05) is 39.8 Å². The van der Waals surface area contributed by atoms with Gasteiger partial charge in [-0.3, -0.25) is 19.7 Å². The van der Waals surface area contributed by atoms with Gasteiger partial charge in [-0.25, -0.2) is 14.8 Å². The number of nitrogens with one attached hydrogen (secondary N) is 2. The summed E-state index contributed by atoms with van der Waals surface area (Å²) in [6.07, 6.45) is 3.33. The van der Waals surface area contributed by atoms with Gasteiger partial charge in [0.05, 0.1) is 17.6 Å². The van der Waals surface area contributed by atoms with E-state index in [0.717, 1.165) is 35.5 Å². The summed E-state index contributed by atoms with van der Waals surface area (Å²) in [5, 5.41) is 10.3. The third kappa shape index (κ3) is 4.64. The van der Waals surface area contributed by atoms with E-state index in [1.54, 1.807) is 17.2 Å². The monoisotopic (exact) mass is 422 g/mol. The van der Waals surface area contributed by atoms with E-state index in [2.05, 4.69) is 35.5 Å². The summed E-state index contributed by atoms with van der Waals surface area (Å²) in [4.78, 5) is 37.6. The predicted octanol–water partition coefficient (Wildman–Crippen LogP) is 0.900. The van der Waals surface area contributed by atoms with Gasteiger partial charge in [-0.2, -0.15) is 5.10 Å². The van der Waals surface area contributed by atoms with E-state index in [9.17, 15) is 9.59 Å². The molecule has 1 aliphatic heterocycles. The second-order valence-electron chi connectivity index (χ2n) is 7.56. The average Bonchev–Trinajstić information content (AvgIpc) is 3.19. The van der Waals surface area contributed by atoms with Crippen LogP contribution in [-0.2, 0) is 18.4 Å². The summed E-state index contributed by atoms with van der Waals surface area (Å²) < 4.78 is 1.73. The number of carbonyl (C=O) groups excluding carboxylic acids is 2. The van der Waals surface area contributed by atoms with Gasteiger partial charge >= 0.3 is 6.03 Å². The molecule has 1 saturated heterocycles. The lowest BCUT2D eigenvalue weighted by Gasteiger charge is -2.37. The fraction of sp³-hybridized carbons (Fsp3) is 0.381. The van der Waals surface area contributed by atoms with Crippen LogP contribution < -0.4 is 15.5 Å². The Kier molecular flexibility index (Phi) is 6.08. The Labute approximate surface area is 180 Å². The first kappa shape index (κ1) is 20.7. The highest BCUT2D eigenvalue weighted by Gasteiger charge is 2.28. The van der Waals surface area contributed by atoms with E-state index in [4.69, 9.17) is 0 Å². The number of amides is 3. The van der Waals surface area contributed by atoms with Crippen LogP contribution in [0.15, 0.2) is 42.9 Å². The number of hydrogen-bond acceptors (Lipinski definition) is 7. The number of anilines is 1. The lowest BCUT2D eigenvalue weighted by molar-refractivity contribution is -0.124. The largest absolute Gasteiger partial charge is 0.353 e. The van der Waals surface area contributed by atoms with Crippen molar-refractivity contribution >= 4 is 28.8 Å². The molecule has 0 spiro atoms. The van der Waals surface area contributed by atoms with Gasteiger partial charge in [0.1, 0.15) is 12.1 Å². The third-order valence-electron chi connectivity index (χ3n) is 5.58. The van der Waals surface area contributed by atoms with Gasteiger partial charge < -0.3 is 10.2 Å². The third-order valence-corrected chi connectivity index (χ3v) is 5.58. The highest BCUT2D eigenvalue weighted by atomic mass is 16.2. The zero-order chi connectivity index (χ0) is 21.8. The fourth-order valence-electron chi connectivity index (χ4n) is 3.73. The molecule has 0 saturated carbocycles. The number of urea groups is 1. The number of aryl methyl sites for hydroxylation is 1. The molecule has 2 N–H and O–H groups in total. The van der Waals surface area contributed by atoms with Crippen LogP contribution >= 0.6 is 0 Å². The molecular formula is C21H26N8O2. The second kappa shape index (κ2) is 9.09. The normalized spacial score (nSPS) is 15.6. The van der Waals surface area contributed by atoms with Crippen molar-refractivity contribution in [3.8, 4) is 0 Å². The summed E-state index contributed by atoms with van der Waals surface area (Å²) in [7, 11) is 1.85. The van der Waals surface area contributed by atoms with E-state index >= 15 is 0 Å². The summed E-state index contributed by atoms with van der Waals surface area (Å²) in [5.74, 6) is 0.547. The Morgan fingerprint density at radius 1 is 1.10 bits per heavy atom. The summed E-state index contributed by atoms with van der Waals surface area (Å²) in [6, 6.07) is 8.67. The van der Waals surface area contributed by atoms with Crippen LogP contribution in [0.4, 0.5) is 10.6 Å². The number of benzene rings is 1. The Balaban J connectivity index is 1.29. The number of aromatic nitrogens is 4. The van der Waals surface area contributed by atoms with Crippen molar-refractivity contribution in [3.05, 3.63) is 48.4 Å². The molecule has 1 fully saturated rings. The van der Waals surface area contributed by atoms with Crippen LogP contribution in [0, 0.1) is 0 Å². The molecule has 31 heavy (non-hydrogen) atoms. The quantitative estimate of drug-likeness (QED) is 0.629. The lowest BCUT2D eigenvalue weighted by Crippen LogP contribution is -2.55. The van der Waals surface area contributed by atoms with Crippen molar-refractivity contribution in [3.63, 3.8) is 0 Å². The molecule has 2 aromatic heterocycles. The predicted molar refractivity (Wildman–Crippen MR) is 116 cm³/mol. The Morgan fingerprint density at radius 3 is 2.58 bits per heavy atom. The molecule has 0 radical (unpaired) electrons. The van der Waals surface area contributed by atoms with Gasteiger partial charge in [-0.05, 0) is 12.5 Å². The first-order valence-corrected chi connectivity index (χ1v) is 10.3. The number of imide groups is 1. The van der Waals surface area contributed by atoms with Crippen LogP contribution in [0.2, 0.25) is 0 Å². The number of fused-ring (bicyclic) bond motifs is 1. The minimum atomic E-state index is -0.487. The average molecular weight is 422 g/mol. The topological polar surface area (TPSA) is 108 Å². The molecule has 3 amide bonds. The van der Waals surface area contributed by atoms with E-state index < -0.39 is 12.1 Å². The standard InChI is InChI=1S/C21H26N8O2/c1-15(20(30)26-21(31)22-12-16-6-4-3-5-7-16)28-8-10-29(11-9-28)19-17-13-25-27(2)18(17)23-14-24-19/h3-7,13-15H,8-12H2,1-2H3,(H2,22,26,30,31). The lowest BCUT2D eigenvalue weighted by atomic mass is 10.2. The van der Waals surface area contributed by atoms with Gasteiger partial charge in [-0.1, -0.05) is 30.3 Å². The maximum atomic E-state index is 12.5. The highest BCUT2D eigenvalue weighted by Crippen LogP contribution is 2.23. The molecule has 0 aliphatic carbocycles. The first-order chi connectivity index (χ1) is 15.0. The smallest absolute Gasteiger partial charge is 0.321 e. The van der Waals surface area contributed by atoms with Crippen molar-refractivity contribution in [2.75, 3.05) is 31.1 Å². The van der Waals surface area contributed by atoms with E-state index in [0.29, 0.717) is 19.6 Å². The van der Waals surface area contributed by atoms with Gasteiger partial charge in [0.25, 0.3) is 0 Å². The number of rotatable bonds is 5. The molecule has 10 heteroatoms. The van der Waals surface area contributed by atoms with Crippen molar-refractivity contribution in [1.82, 2.24) is 35.3 Å². The summed E-state index contributed by atoms with van der Waals surface area (Å²) in [6.45, 7) is 5.00. The van der Waals surface area contributed by atoms with Crippen LogP contribution in [0.5, 0.6) is 0 Å². The number of nitrogens with zero attached hydrogens (tertiary/aromatic N) is 6. The highest BCUT2D eigenvalue weighted by molar-refractivity contribution is 5.96. The van der Waals surface area contributed by atoms with Gasteiger partial charge in [-0.15, -0.1) is 0 Å². The van der Waals surface area contributed by atoms with Crippen molar-refractivity contribution in [2.45, 2.75) is 19.5 Å². The minimum Gasteiger partial charge on any atom is -0.353 e. The molecule has 3 aromatic rings. The second-order valence-corrected chi connectivity index (χ2v) is 7.56. The molecule has 162 valence electrons. The molecule has 10 nitrogen and oxygen atoms in total. The SMILES string of the molecule is CC(C(=O)NC(=O)NCc1ccccc1)N1CCN(c2ncnc3c2cnn3C)CC1. The zero-order valence-corrected chi connectivity index (χ0v) is 17.7. The van der Waals surface area contributed by atoms with Crippen LogP contribution in [0.25, 0.3) is 11.0 Å². The first-order valence-electron chi connectivity index (χ1n) is 10.3. The maximum absolute atomic E-state index is 12.5. The van der Waals surface area contributed by atoms with Crippen molar-refractivity contribution in [1.29, 1.82) is 0 Å². The van der Waals surface area contributed by atoms with E-state index in [1.807, 2.05) is 44.3 Å².